The quantitative estimate of drug-likeness (QED) is 0.876. The van der Waals surface area contributed by atoms with Gasteiger partial charge in [-0.3, -0.25) is 9.59 Å². The Kier molecular flexibility index (Phi) is 2.39. The molecule has 0 heterocycles. The first-order chi connectivity index (χ1) is 11.5. The lowest BCUT2D eigenvalue weighted by Crippen LogP contribution is -2.43. The maximum absolute atomic E-state index is 13.0. The van der Waals surface area contributed by atoms with Crippen LogP contribution in [0.5, 0.6) is 0 Å². The van der Waals surface area contributed by atoms with Gasteiger partial charge in [0.2, 0.25) is 0 Å². The zero-order valence-corrected chi connectivity index (χ0v) is 12.9. The van der Waals surface area contributed by atoms with Crippen molar-refractivity contribution >= 4 is 17.5 Å². The molecule has 0 spiro atoms. The summed E-state index contributed by atoms with van der Waals surface area (Å²) in [4.78, 5) is 37.4. The Balaban J connectivity index is 1.70. The van der Waals surface area contributed by atoms with E-state index in [1.807, 2.05) is 31.2 Å². The molecule has 1 saturated carbocycles. The van der Waals surface area contributed by atoms with E-state index in [0.717, 1.165) is 22.3 Å². The summed E-state index contributed by atoms with van der Waals surface area (Å²) in [7, 11) is 0. The number of Topliss-reactive ketones (excluding diaryl/α,β-unsaturated/α-hetero) is 2. The number of hydrogen-bond acceptors (Lipinski definition) is 3. The maximum Gasteiger partial charge on any atom is 0.336 e. The number of carboxylic acids is 1. The van der Waals surface area contributed by atoms with Gasteiger partial charge in [-0.1, -0.05) is 30.3 Å². The molecule has 0 amide bonds. The van der Waals surface area contributed by atoms with Crippen molar-refractivity contribution in [2.45, 2.75) is 18.8 Å². The number of hydrogen-bond donors (Lipinski definition) is 1. The van der Waals surface area contributed by atoms with E-state index < -0.39 is 5.97 Å². The molecule has 0 aliphatic heterocycles. The topological polar surface area (TPSA) is 71.4 Å². The number of fused-ring (bicyclic) bond motifs is 8. The molecule has 2 aromatic rings. The van der Waals surface area contributed by atoms with Gasteiger partial charge in [0.15, 0.2) is 11.6 Å². The normalized spacial score (nSPS) is 28.7. The third-order valence-electron chi connectivity index (χ3n) is 6.00. The van der Waals surface area contributed by atoms with Crippen LogP contribution in [0.4, 0.5) is 0 Å². The van der Waals surface area contributed by atoms with Gasteiger partial charge in [0.05, 0.1) is 5.56 Å². The molecule has 3 aliphatic rings. The highest BCUT2D eigenvalue weighted by molar-refractivity contribution is 6.16. The molecule has 4 heteroatoms. The summed E-state index contributed by atoms with van der Waals surface area (Å²) < 4.78 is 0. The Morgan fingerprint density at radius 2 is 1.38 bits per heavy atom. The fourth-order valence-electron chi connectivity index (χ4n) is 5.11. The van der Waals surface area contributed by atoms with E-state index in [2.05, 4.69) is 0 Å². The van der Waals surface area contributed by atoms with Crippen molar-refractivity contribution in [1.29, 1.82) is 0 Å². The molecule has 3 aliphatic carbocycles. The average molecular weight is 318 g/mol. The highest BCUT2D eigenvalue weighted by atomic mass is 16.4. The third-order valence-corrected chi connectivity index (χ3v) is 6.00. The molecule has 2 aromatic carbocycles. The number of carbonyl (C=O) groups excluding carboxylic acids is 2. The largest absolute Gasteiger partial charge is 0.478 e. The van der Waals surface area contributed by atoms with Crippen molar-refractivity contribution in [3.63, 3.8) is 0 Å². The number of aryl methyl sites for hydroxylation is 1. The summed E-state index contributed by atoms with van der Waals surface area (Å²) in [6.45, 7) is 1.93. The van der Waals surface area contributed by atoms with Crippen LogP contribution in [0.3, 0.4) is 0 Å². The maximum atomic E-state index is 13.0. The lowest BCUT2D eigenvalue weighted by Gasteiger charge is -2.43. The first kappa shape index (κ1) is 13.7. The number of benzene rings is 2. The van der Waals surface area contributed by atoms with E-state index in [0.29, 0.717) is 5.56 Å². The van der Waals surface area contributed by atoms with Crippen LogP contribution in [0.25, 0.3) is 0 Å². The molecule has 118 valence electrons. The van der Waals surface area contributed by atoms with Gasteiger partial charge in [0, 0.05) is 34.8 Å². The molecule has 5 rings (SSSR count). The van der Waals surface area contributed by atoms with E-state index in [1.54, 1.807) is 6.07 Å². The Labute approximate surface area is 138 Å². The van der Waals surface area contributed by atoms with Crippen molar-refractivity contribution in [1.82, 2.24) is 0 Å². The van der Waals surface area contributed by atoms with Crippen LogP contribution >= 0.6 is 0 Å². The van der Waals surface area contributed by atoms with Crippen molar-refractivity contribution in [2.24, 2.45) is 11.8 Å². The Morgan fingerprint density at radius 3 is 2.00 bits per heavy atom. The van der Waals surface area contributed by atoms with Crippen molar-refractivity contribution in [3.05, 3.63) is 69.8 Å². The first-order valence-electron chi connectivity index (χ1n) is 8.06. The second kappa shape index (κ2) is 4.20. The standard InChI is InChI=1S/C20H14O4/c1-8-4-2-5-9-12(8)18(21)16-14(9)17-15(16)10-6-3-7-11(20(23)24)13(10)19(17)22/h2-7,14-17H,1H3,(H,23,24)/t14-,15+,16-,17+/m0/s1. The second-order valence-electron chi connectivity index (χ2n) is 6.95. The lowest BCUT2D eigenvalue weighted by molar-refractivity contribution is 0.0590. The van der Waals surface area contributed by atoms with Crippen LogP contribution in [0.1, 0.15) is 59.6 Å². The Bertz CT molecular complexity index is 972. The molecular formula is C20H14O4. The highest BCUT2D eigenvalue weighted by Crippen LogP contribution is 2.67. The molecule has 0 saturated heterocycles. The van der Waals surface area contributed by atoms with Crippen LogP contribution in [0, 0.1) is 18.8 Å². The van der Waals surface area contributed by atoms with Crippen molar-refractivity contribution in [2.75, 3.05) is 0 Å². The molecule has 24 heavy (non-hydrogen) atoms. The molecule has 0 bridgehead atoms. The summed E-state index contributed by atoms with van der Waals surface area (Å²) in [5.41, 5.74) is 3.80. The number of ketones is 2. The molecule has 0 unspecified atom stereocenters. The smallest absolute Gasteiger partial charge is 0.336 e. The summed E-state index contributed by atoms with van der Waals surface area (Å²) in [6.07, 6.45) is 0. The minimum absolute atomic E-state index is 0.0573. The number of carboxylic acid groups (broad SMARTS) is 1. The molecule has 4 nitrogen and oxygen atoms in total. The summed E-state index contributed by atoms with van der Waals surface area (Å²) >= 11 is 0. The summed E-state index contributed by atoms with van der Waals surface area (Å²) in [5, 5.41) is 9.39. The monoisotopic (exact) mass is 318 g/mol. The predicted octanol–water partition coefficient (Wildman–Crippen LogP) is 3.20. The van der Waals surface area contributed by atoms with Gasteiger partial charge >= 0.3 is 5.97 Å². The SMILES string of the molecule is Cc1cccc2c1C(=O)[C@H]1[C@H]2[C@H]2C(=O)c3c(C(=O)O)cccc3[C@@H]21. The minimum Gasteiger partial charge on any atom is -0.478 e. The van der Waals surface area contributed by atoms with E-state index in [9.17, 15) is 19.5 Å². The van der Waals surface area contributed by atoms with Crippen LogP contribution < -0.4 is 0 Å². The number of rotatable bonds is 1. The number of carbonyl (C=O) groups is 3. The summed E-state index contributed by atoms with van der Waals surface area (Å²) in [6, 6.07) is 10.7. The third kappa shape index (κ3) is 1.34. The molecule has 4 atom stereocenters. The molecule has 1 N–H and O–H groups in total. The highest BCUT2D eigenvalue weighted by Gasteiger charge is 2.65. The lowest BCUT2D eigenvalue weighted by atomic mass is 9.57. The molecule has 1 fully saturated rings. The molecule has 0 aromatic heterocycles. The minimum atomic E-state index is -1.09. The van der Waals surface area contributed by atoms with Crippen molar-refractivity contribution in [3.8, 4) is 0 Å². The van der Waals surface area contributed by atoms with Crippen molar-refractivity contribution < 1.29 is 19.5 Å². The molecule has 0 radical (unpaired) electrons. The Morgan fingerprint density at radius 1 is 0.833 bits per heavy atom. The van der Waals surface area contributed by atoms with Gasteiger partial charge < -0.3 is 5.11 Å². The predicted molar refractivity (Wildman–Crippen MR) is 85.7 cm³/mol. The van der Waals surface area contributed by atoms with E-state index in [-0.39, 0.29) is 40.8 Å². The van der Waals surface area contributed by atoms with Gasteiger partial charge in [-0.2, -0.15) is 0 Å². The zero-order valence-electron chi connectivity index (χ0n) is 12.9. The van der Waals surface area contributed by atoms with Gasteiger partial charge in [-0.05, 0) is 29.7 Å². The fourth-order valence-corrected chi connectivity index (χ4v) is 5.11. The van der Waals surface area contributed by atoms with Gasteiger partial charge in [-0.25, -0.2) is 4.79 Å². The summed E-state index contributed by atoms with van der Waals surface area (Å²) in [5.74, 6) is -1.88. The fraction of sp³-hybridized carbons (Fsp3) is 0.250. The van der Waals surface area contributed by atoms with Gasteiger partial charge in [0.25, 0.3) is 0 Å². The van der Waals surface area contributed by atoms with Crippen LogP contribution in [-0.4, -0.2) is 22.6 Å². The van der Waals surface area contributed by atoms with Crippen LogP contribution in [0.15, 0.2) is 36.4 Å². The first-order valence-corrected chi connectivity index (χ1v) is 8.06. The average Bonchev–Trinajstić information content (AvgIpc) is 2.89. The van der Waals surface area contributed by atoms with E-state index >= 15 is 0 Å². The zero-order chi connectivity index (χ0) is 16.7. The Hall–Kier alpha value is -2.75. The molecular weight excluding hydrogens is 304 g/mol. The van der Waals surface area contributed by atoms with E-state index in [4.69, 9.17) is 0 Å². The number of aromatic carboxylic acids is 1. The second-order valence-corrected chi connectivity index (χ2v) is 6.95. The van der Waals surface area contributed by atoms with E-state index in [1.165, 1.54) is 6.07 Å². The van der Waals surface area contributed by atoms with Gasteiger partial charge in [0.1, 0.15) is 0 Å². The van der Waals surface area contributed by atoms with Crippen LogP contribution in [0.2, 0.25) is 0 Å². The van der Waals surface area contributed by atoms with Gasteiger partial charge in [-0.15, -0.1) is 0 Å². The van der Waals surface area contributed by atoms with Crippen LogP contribution in [-0.2, 0) is 0 Å².